The van der Waals surface area contributed by atoms with Crippen molar-refractivity contribution in [3.63, 3.8) is 0 Å². The van der Waals surface area contributed by atoms with E-state index in [1.54, 1.807) is 6.92 Å². The first kappa shape index (κ1) is 9.28. The number of quaternary nitrogens is 1. The maximum atomic E-state index is 11.6. The summed E-state index contributed by atoms with van der Waals surface area (Å²) < 4.78 is 4.63. The average Bonchev–Trinajstić information content (AvgIpc) is 1.85. The van der Waals surface area contributed by atoms with Gasteiger partial charge in [-0.05, 0) is 6.92 Å². The summed E-state index contributed by atoms with van der Waals surface area (Å²) in [7, 11) is 0. The molecule has 11 heavy (non-hydrogen) atoms. The molecule has 4 nitrogen and oxygen atoms in total. The lowest BCUT2D eigenvalue weighted by atomic mass is 10.4. The number of nitrogens with zero attached hydrogens (tertiary/aromatic N) is 1. The Bertz CT molecular complexity index is 125. The number of rotatable bonds is 2. The monoisotopic (exact) mass is 179 g/mol. The summed E-state index contributed by atoms with van der Waals surface area (Å²) in [6, 6.07) is 0. The highest BCUT2D eigenvalue weighted by atomic mass is 32.2. The maximum Gasteiger partial charge on any atom is 0.147 e. The van der Waals surface area contributed by atoms with E-state index in [1.807, 2.05) is 0 Å². The molecule has 0 spiro atoms. The fraction of sp³-hybridized carbons (Fsp3) is 1.00. The lowest BCUT2D eigenvalue weighted by molar-refractivity contribution is -0.751. The number of ether oxygens (including phenoxy) is 1. The van der Waals surface area contributed by atoms with E-state index >= 15 is 0 Å². The molecule has 2 atom stereocenters. The molecule has 5 heteroatoms. The summed E-state index contributed by atoms with van der Waals surface area (Å²) in [5.41, 5.74) is 0. The predicted octanol–water partition coefficient (Wildman–Crippen LogP) is 0.318. The van der Waals surface area contributed by atoms with Gasteiger partial charge in [0.25, 0.3) is 0 Å². The van der Waals surface area contributed by atoms with E-state index in [0.29, 0.717) is 19.1 Å². The Labute approximate surface area is 70.4 Å². The van der Waals surface area contributed by atoms with Gasteiger partial charge in [0.05, 0.1) is 6.61 Å². The Morgan fingerprint density at radius 3 is 3.00 bits per heavy atom. The Hall–Kier alpha value is 0.190. The van der Waals surface area contributed by atoms with Crippen molar-refractivity contribution in [1.82, 2.24) is 0 Å². The number of aliphatic hydroxyl groups is 1. The minimum absolute atomic E-state index is 0.258. The minimum Gasteiger partial charge on any atom is -0.620 e. The highest BCUT2D eigenvalue weighted by Gasteiger charge is 2.24. The third kappa shape index (κ3) is 2.96. The number of hydrogen-bond acceptors (Lipinski definition) is 4. The molecule has 2 unspecified atom stereocenters. The van der Waals surface area contributed by atoms with E-state index in [-0.39, 0.29) is 10.6 Å². The van der Waals surface area contributed by atoms with Crippen molar-refractivity contribution in [2.75, 3.05) is 25.6 Å². The van der Waals surface area contributed by atoms with Gasteiger partial charge in [0, 0.05) is 0 Å². The molecular formula is C6H13NO3S. The zero-order valence-electron chi connectivity index (χ0n) is 6.52. The summed E-state index contributed by atoms with van der Waals surface area (Å²) in [5, 5.41) is 20.6. The number of aliphatic hydroxyl groups excluding tert-OH is 1. The summed E-state index contributed by atoms with van der Waals surface area (Å²) >= 11 is 1.19. The molecule has 0 aliphatic carbocycles. The van der Waals surface area contributed by atoms with Gasteiger partial charge in [-0.2, -0.15) is 0 Å². The topological polar surface area (TPSA) is 52.5 Å². The van der Waals surface area contributed by atoms with Crippen LogP contribution in [0.4, 0.5) is 0 Å². The Morgan fingerprint density at radius 1 is 1.82 bits per heavy atom. The fourth-order valence-corrected chi connectivity index (χ4v) is 1.92. The van der Waals surface area contributed by atoms with Gasteiger partial charge < -0.3 is 15.1 Å². The molecule has 0 amide bonds. The summed E-state index contributed by atoms with van der Waals surface area (Å²) in [6.45, 7) is 2.83. The van der Waals surface area contributed by atoms with Gasteiger partial charge in [-0.25, -0.2) is 0 Å². The van der Waals surface area contributed by atoms with Crippen LogP contribution in [0.3, 0.4) is 0 Å². The van der Waals surface area contributed by atoms with Crippen molar-refractivity contribution in [3.05, 3.63) is 5.21 Å². The first-order chi connectivity index (χ1) is 5.12. The van der Waals surface area contributed by atoms with Crippen molar-refractivity contribution >= 4 is 11.9 Å². The van der Waals surface area contributed by atoms with Crippen LogP contribution in [-0.4, -0.2) is 40.9 Å². The molecule has 0 aromatic heterocycles. The van der Waals surface area contributed by atoms with Crippen LogP contribution in [0.1, 0.15) is 6.92 Å². The highest BCUT2D eigenvalue weighted by Crippen LogP contribution is 2.25. The molecule has 1 saturated heterocycles. The Kier molecular flexibility index (Phi) is 3.15. The van der Waals surface area contributed by atoms with Crippen LogP contribution in [0.2, 0.25) is 0 Å². The lowest BCUT2D eigenvalue weighted by Crippen LogP contribution is -2.45. The predicted molar refractivity (Wildman–Crippen MR) is 43.5 cm³/mol. The molecule has 0 saturated carbocycles. The Morgan fingerprint density at radius 2 is 2.55 bits per heavy atom. The second-order valence-electron chi connectivity index (χ2n) is 2.72. The highest BCUT2D eigenvalue weighted by molar-refractivity contribution is 7.93. The molecule has 66 valence electrons. The molecule has 0 bridgehead atoms. The van der Waals surface area contributed by atoms with E-state index in [1.165, 1.54) is 11.9 Å². The molecule has 1 aliphatic rings. The minimum atomic E-state index is -0.530. The normalized spacial score (nSPS) is 35.2. The smallest absolute Gasteiger partial charge is 0.147 e. The summed E-state index contributed by atoms with van der Waals surface area (Å²) in [4.78, 5) is 0. The second kappa shape index (κ2) is 3.73. The van der Waals surface area contributed by atoms with Crippen molar-refractivity contribution in [2.45, 2.75) is 13.0 Å². The largest absolute Gasteiger partial charge is 0.620 e. The zero-order valence-corrected chi connectivity index (χ0v) is 7.34. The van der Waals surface area contributed by atoms with E-state index in [2.05, 4.69) is 0 Å². The van der Waals surface area contributed by atoms with E-state index in [4.69, 9.17) is 9.84 Å². The molecule has 1 N–H and O–H groups in total. The molecule has 1 aliphatic heterocycles. The molecule has 0 aromatic carbocycles. The van der Waals surface area contributed by atoms with Crippen LogP contribution in [0.15, 0.2) is 0 Å². The van der Waals surface area contributed by atoms with E-state index in [9.17, 15) is 5.21 Å². The van der Waals surface area contributed by atoms with Gasteiger partial charge in [-0.3, -0.25) is 4.05 Å². The van der Waals surface area contributed by atoms with Crippen LogP contribution in [0, 0.1) is 5.21 Å². The number of hydrogen-bond donors (Lipinski definition) is 1. The SMILES string of the molecule is CC(O)C[N+]1([O-])CCOCS1. The van der Waals surface area contributed by atoms with Gasteiger partial charge in [0.1, 0.15) is 37.1 Å². The quantitative estimate of drug-likeness (QED) is 0.377. The maximum absolute atomic E-state index is 11.6. The molecule has 1 heterocycles. The van der Waals surface area contributed by atoms with Crippen molar-refractivity contribution < 1.29 is 13.9 Å². The van der Waals surface area contributed by atoms with Crippen LogP contribution in [0.25, 0.3) is 0 Å². The zero-order chi connectivity index (χ0) is 8.32. The van der Waals surface area contributed by atoms with Gasteiger partial charge in [0.2, 0.25) is 0 Å². The van der Waals surface area contributed by atoms with Crippen molar-refractivity contribution in [2.24, 2.45) is 0 Å². The van der Waals surface area contributed by atoms with Crippen LogP contribution < -0.4 is 0 Å². The van der Waals surface area contributed by atoms with Crippen LogP contribution in [-0.2, 0) is 4.74 Å². The molecule has 1 rings (SSSR count). The van der Waals surface area contributed by atoms with Crippen molar-refractivity contribution in [3.8, 4) is 0 Å². The van der Waals surface area contributed by atoms with Gasteiger partial charge in [0.15, 0.2) is 0 Å². The van der Waals surface area contributed by atoms with Gasteiger partial charge in [-0.15, -0.1) is 0 Å². The summed E-state index contributed by atoms with van der Waals surface area (Å²) in [5.74, 6) is 0.441. The Balaban J connectivity index is 2.37. The molecule has 0 aromatic rings. The van der Waals surface area contributed by atoms with Crippen molar-refractivity contribution in [1.29, 1.82) is 0 Å². The average molecular weight is 179 g/mol. The van der Waals surface area contributed by atoms with Gasteiger partial charge in [-0.1, -0.05) is 0 Å². The summed E-state index contributed by atoms with van der Waals surface area (Å²) in [6.07, 6.45) is -0.530. The van der Waals surface area contributed by atoms with Crippen LogP contribution >= 0.6 is 11.9 Å². The molecule has 1 fully saturated rings. The molecular weight excluding hydrogens is 166 g/mol. The second-order valence-corrected chi connectivity index (χ2v) is 3.88. The standard InChI is InChI=1S/C6H13NO3S/c1-6(8)4-7(9)2-3-10-5-11-7/h6,8H,2-5H2,1H3. The third-order valence-corrected chi connectivity index (χ3v) is 2.56. The fourth-order valence-electron chi connectivity index (χ4n) is 1.01. The lowest BCUT2D eigenvalue weighted by Gasteiger charge is -2.42. The van der Waals surface area contributed by atoms with E-state index in [0.717, 1.165) is 0 Å². The first-order valence-corrected chi connectivity index (χ1v) is 4.55. The van der Waals surface area contributed by atoms with Crippen LogP contribution in [0.5, 0.6) is 0 Å². The van der Waals surface area contributed by atoms with Gasteiger partial charge >= 0.3 is 0 Å². The first-order valence-electron chi connectivity index (χ1n) is 3.61. The third-order valence-electron chi connectivity index (χ3n) is 1.49. The molecule has 0 radical (unpaired) electrons. The number of hydroxylamine groups is 2. The van der Waals surface area contributed by atoms with E-state index < -0.39 is 6.10 Å².